The fourth-order valence-corrected chi connectivity index (χ4v) is 3.87. The van der Waals surface area contributed by atoms with Gasteiger partial charge >= 0.3 is 5.91 Å². The molecule has 1 amide bonds. The molecule has 1 aromatic rings. The van der Waals surface area contributed by atoms with Crippen LogP contribution in [0.3, 0.4) is 0 Å². The van der Waals surface area contributed by atoms with E-state index in [1.807, 2.05) is 13.0 Å². The van der Waals surface area contributed by atoms with Gasteiger partial charge in [-0.3, -0.25) is 15.1 Å². The molecule has 5 heteroatoms. The van der Waals surface area contributed by atoms with Gasteiger partial charge in [-0.05, 0) is 51.1 Å². The lowest BCUT2D eigenvalue weighted by molar-refractivity contribution is 0.0890. The van der Waals surface area contributed by atoms with Crippen LogP contribution >= 0.6 is 0 Å². The van der Waals surface area contributed by atoms with Crippen LogP contribution in [0.25, 0.3) is 0 Å². The van der Waals surface area contributed by atoms with Gasteiger partial charge in [0, 0.05) is 11.6 Å². The second-order valence-corrected chi connectivity index (χ2v) is 6.07. The van der Waals surface area contributed by atoms with Gasteiger partial charge in [-0.15, -0.1) is 0 Å². The summed E-state index contributed by atoms with van der Waals surface area (Å²) < 4.78 is 5.68. The summed E-state index contributed by atoms with van der Waals surface area (Å²) >= 11 is 0. The topological polar surface area (TPSA) is 71.5 Å². The molecule has 3 rings (SSSR count). The Bertz CT molecular complexity index is 497. The number of amides is 1. The standard InChI is InChI=1S/C15H23N3O2/c1-10-8-12(20-14(10)15(19)17-16)9-18-7-3-5-11-4-2-6-13(11)18/h8,11,13H,2-7,9,16H2,1H3,(H,17,19). The number of rotatable bonds is 3. The normalized spacial score (nSPS) is 26.5. The second-order valence-electron chi connectivity index (χ2n) is 6.07. The van der Waals surface area contributed by atoms with Crippen molar-refractivity contribution in [3.63, 3.8) is 0 Å². The van der Waals surface area contributed by atoms with Gasteiger partial charge in [0.15, 0.2) is 5.76 Å². The van der Waals surface area contributed by atoms with Crippen molar-refractivity contribution in [1.29, 1.82) is 0 Å². The first-order valence-electron chi connectivity index (χ1n) is 7.53. The number of furan rings is 1. The van der Waals surface area contributed by atoms with E-state index < -0.39 is 0 Å². The summed E-state index contributed by atoms with van der Waals surface area (Å²) in [6.07, 6.45) is 6.68. The third-order valence-electron chi connectivity index (χ3n) is 4.77. The summed E-state index contributed by atoms with van der Waals surface area (Å²) in [6.45, 7) is 3.82. The number of aryl methyl sites for hydroxylation is 1. The number of nitrogen functional groups attached to an aromatic ring is 1. The van der Waals surface area contributed by atoms with Gasteiger partial charge in [0.2, 0.25) is 0 Å². The van der Waals surface area contributed by atoms with Crippen molar-refractivity contribution in [3.8, 4) is 0 Å². The summed E-state index contributed by atoms with van der Waals surface area (Å²) in [5.41, 5.74) is 2.98. The number of carbonyl (C=O) groups excluding carboxylic acids is 1. The van der Waals surface area contributed by atoms with Crippen LogP contribution in [-0.2, 0) is 6.54 Å². The summed E-state index contributed by atoms with van der Waals surface area (Å²) in [4.78, 5) is 14.1. The van der Waals surface area contributed by atoms with Crippen LogP contribution in [0.1, 0.15) is 54.0 Å². The van der Waals surface area contributed by atoms with Crippen LogP contribution < -0.4 is 11.3 Å². The van der Waals surface area contributed by atoms with Crippen molar-refractivity contribution in [2.75, 3.05) is 6.54 Å². The number of piperidine rings is 1. The molecule has 2 atom stereocenters. The van der Waals surface area contributed by atoms with Crippen molar-refractivity contribution in [2.45, 2.75) is 51.6 Å². The molecule has 0 radical (unpaired) electrons. The summed E-state index contributed by atoms with van der Waals surface area (Å²) in [7, 11) is 0. The number of hydrogen-bond donors (Lipinski definition) is 2. The minimum absolute atomic E-state index is 0.336. The van der Waals surface area contributed by atoms with E-state index in [1.54, 1.807) is 0 Å². The van der Waals surface area contributed by atoms with Gasteiger partial charge in [0.25, 0.3) is 0 Å². The fourth-order valence-electron chi connectivity index (χ4n) is 3.87. The van der Waals surface area contributed by atoms with Crippen molar-refractivity contribution >= 4 is 5.91 Å². The van der Waals surface area contributed by atoms with E-state index in [4.69, 9.17) is 10.3 Å². The van der Waals surface area contributed by atoms with Crippen molar-refractivity contribution < 1.29 is 9.21 Å². The maximum atomic E-state index is 11.6. The molecule has 1 aliphatic heterocycles. The van der Waals surface area contributed by atoms with Gasteiger partial charge in [0.05, 0.1) is 6.54 Å². The number of hydrogen-bond acceptors (Lipinski definition) is 4. The predicted molar refractivity (Wildman–Crippen MR) is 75.9 cm³/mol. The van der Waals surface area contributed by atoms with E-state index in [2.05, 4.69) is 10.3 Å². The Morgan fingerprint density at radius 2 is 2.25 bits per heavy atom. The van der Waals surface area contributed by atoms with Crippen LogP contribution in [0.5, 0.6) is 0 Å². The molecular weight excluding hydrogens is 254 g/mol. The molecule has 2 fully saturated rings. The van der Waals surface area contributed by atoms with Crippen LogP contribution in [-0.4, -0.2) is 23.4 Å². The first kappa shape index (κ1) is 13.6. The average molecular weight is 277 g/mol. The molecule has 1 aliphatic carbocycles. The molecule has 2 heterocycles. The van der Waals surface area contributed by atoms with Gasteiger partial charge in [-0.25, -0.2) is 5.84 Å². The Labute approximate surface area is 119 Å². The molecule has 1 saturated heterocycles. The monoisotopic (exact) mass is 277 g/mol. The van der Waals surface area contributed by atoms with Crippen molar-refractivity contribution in [1.82, 2.24) is 10.3 Å². The van der Waals surface area contributed by atoms with Crippen molar-refractivity contribution in [3.05, 3.63) is 23.2 Å². The molecule has 5 nitrogen and oxygen atoms in total. The number of likely N-dealkylation sites (tertiary alicyclic amines) is 1. The number of carbonyl (C=O) groups is 1. The minimum atomic E-state index is -0.355. The number of hydrazine groups is 1. The first-order valence-corrected chi connectivity index (χ1v) is 7.53. The number of nitrogens with two attached hydrogens (primary N) is 1. The zero-order chi connectivity index (χ0) is 14.1. The zero-order valence-electron chi connectivity index (χ0n) is 12.0. The van der Waals surface area contributed by atoms with E-state index in [-0.39, 0.29) is 5.91 Å². The molecule has 1 saturated carbocycles. The van der Waals surface area contributed by atoms with E-state index in [0.29, 0.717) is 11.8 Å². The minimum Gasteiger partial charge on any atom is -0.454 e. The van der Waals surface area contributed by atoms with Crippen LogP contribution in [0.4, 0.5) is 0 Å². The quantitative estimate of drug-likeness (QED) is 0.503. The van der Waals surface area contributed by atoms with E-state index in [0.717, 1.165) is 30.3 Å². The maximum Gasteiger partial charge on any atom is 0.301 e. The fraction of sp³-hybridized carbons (Fsp3) is 0.667. The lowest BCUT2D eigenvalue weighted by Gasteiger charge is -2.37. The van der Waals surface area contributed by atoms with Crippen LogP contribution in [0.15, 0.2) is 10.5 Å². The number of fused-ring (bicyclic) bond motifs is 1. The van der Waals surface area contributed by atoms with Crippen LogP contribution in [0.2, 0.25) is 0 Å². The molecule has 3 N–H and O–H groups in total. The Hall–Kier alpha value is -1.33. The molecule has 0 bridgehead atoms. The molecule has 110 valence electrons. The molecule has 2 unspecified atom stereocenters. The Morgan fingerprint density at radius 3 is 3.05 bits per heavy atom. The van der Waals surface area contributed by atoms with Crippen molar-refractivity contribution in [2.24, 2.45) is 11.8 Å². The summed E-state index contributed by atoms with van der Waals surface area (Å²) in [5, 5.41) is 0. The van der Waals surface area contributed by atoms with Gasteiger partial charge in [-0.1, -0.05) is 6.42 Å². The van der Waals surface area contributed by atoms with E-state index in [1.165, 1.54) is 32.1 Å². The highest BCUT2D eigenvalue weighted by molar-refractivity contribution is 5.92. The lowest BCUT2D eigenvalue weighted by atomic mass is 9.92. The maximum absolute atomic E-state index is 11.6. The Morgan fingerprint density at radius 1 is 1.45 bits per heavy atom. The molecule has 0 aromatic carbocycles. The highest BCUT2D eigenvalue weighted by atomic mass is 16.4. The SMILES string of the molecule is Cc1cc(CN2CCCC3CCCC32)oc1C(=O)NN. The molecule has 2 aliphatic rings. The highest BCUT2D eigenvalue weighted by Gasteiger charge is 2.35. The molecule has 1 aromatic heterocycles. The van der Waals surface area contributed by atoms with E-state index >= 15 is 0 Å². The summed E-state index contributed by atoms with van der Waals surface area (Å²) in [5.74, 6) is 6.88. The molecular formula is C15H23N3O2. The lowest BCUT2D eigenvalue weighted by Crippen LogP contribution is -2.41. The zero-order valence-corrected chi connectivity index (χ0v) is 12.0. The highest BCUT2D eigenvalue weighted by Crippen LogP contribution is 2.37. The summed E-state index contributed by atoms with van der Waals surface area (Å²) in [6, 6.07) is 2.67. The number of nitrogens with zero attached hydrogens (tertiary/aromatic N) is 1. The largest absolute Gasteiger partial charge is 0.454 e. The van der Waals surface area contributed by atoms with E-state index in [9.17, 15) is 4.79 Å². The molecule has 0 spiro atoms. The smallest absolute Gasteiger partial charge is 0.301 e. The Balaban J connectivity index is 1.72. The second kappa shape index (κ2) is 5.58. The first-order chi connectivity index (χ1) is 9.69. The van der Waals surface area contributed by atoms with Crippen LogP contribution in [0, 0.1) is 12.8 Å². The predicted octanol–water partition coefficient (Wildman–Crippen LogP) is 1.96. The van der Waals surface area contributed by atoms with Gasteiger partial charge in [0.1, 0.15) is 5.76 Å². The molecule has 20 heavy (non-hydrogen) atoms. The third-order valence-corrected chi connectivity index (χ3v) is 4.77. The van der Waals surface area contributed by atoms with Gasteiger partial charge < -0.3 is 4.42 Å². The third kappa shape index (κ3) is 2.47. The van der Waals surface area contributed by atoms with Gasteiger partial charge in [-0.2, -0.15) is 0 Å². The number of nitrogens with one attached hydrogen (secondary N) is 1. The average Bonchev–Trinajstić information content (AvgIpc) is 3.05. The Kier molecular flexibility index (Phi) is 3.81.